The van der Waals surface area contributed by atoms with E-state index in [1.807, 2.05) is 109 Å². The van der Waals surface area contributed by atoms with Crippen LogP contribution in [0.4, 0.5) is 5.69 Å². The molecule has 0 heterocycles. The Kier molecular flexibility index (Phi) is 6.83. The van der Waals surface area contributed by atoms with Crippen molar-refractivity contribution >= 4 is 11.7 Å². The second-order valence-corrected chi connectivity index (χ2v) is 7.60. The zero-order valence-electron chi connectivity index (χ0n) is 17.6. The van der Waals surface area contributed by atoms with Gasteiger partial charge in [-0.05, 0) is 46.5 Å². The van der Waals surface area contributed by atoms with E-state index in [-0.39, 0.29) is 0 Å². The predicted molar refractivity (Wildman–Crippen MR) is 128 cm³/mol. The molecule has 4 aromatic rings. The van der Waals surface area contributed by atoms with Gasteiger partial charge in [-0.2, -0.15) is 0 Å². The molecule has 32 heavy (non-hydrogen) atoms. The maximum absolute atomic E-state index is 11.8. The number of anilines is 1. The Morgan fingerprint density at radius 2 is 1.41 bits per heavy atom. The van der Waals surface area contributed by atoms with Gasteiger partial charge in [-0.15, -0.1) is 0 Å². The molecule has 0 bridgehead atoms. The van der Waals surface area contributed by atoms with Crippen LogP contribution in [0.25, 0.3) is 11.1 Å². The van der Waals surface area contributed by atoms with Crippen LogP contribution in [0.2, 0.25) is 0 Å². The predicted octanol–water partition coefficient (Wildman–Crippen LogP) is 6.04. The summed E-state index contributed by atoms with van der Waals surface area (Å²) in [4.78, 5) is 11.8. The molecule has 4 aromatic carbocycles. The number of hydrogen-bond donors (Lipinski definition) is 2. The summed E-state index contributed by atoms with van der Waals surface area (Å²) in [5, 5.41) is 12.8. The average Bonchev–Trinajstić information content (AvgIpc) is 2.84. The van der Waals surface area contributed by atoms with E-state index in [1.54, 1.807) is 0 Å². The molecule has 4 heteroatoms. The first-order chi connectivity index (χ1) is 15.7. The molecule has 0 amide bonds. The molecule has 0 aliphatic carbocycles. The van der Waals surface area contributed by atoms with E-state index in [1.165, 1.54) is 0 Å². The van der Waals surface area contributed by atoms with E-state index in [2.05, 4.69) is 5.32 Å². The second kappa shape index (κ2) is 10.3. The van der Waals surface area contributed by atoms with E-state index < -0.39 is 12.0 Å². The Hall–Kier alpha value is -4.05. The molecule has 0 aliphatic rings. The minimum absolute atomic E-state index is 0.411. The SMILES string of the molecule is O=C(O)C(Cc1ccccc1)Nc1cccc(-c2ccc(OCc3ccccc3)cc2)c1. The van der Waals surface area contributed by atoms with Crippen LogP contribution in [0.1, 0.15) is 11.1 Å². The Balaban J connectivity index is 1.43. The normalized spacial score (nSPS) is 11.5. The molecule has 0 radical (unpaired) electrons. The Bertz CT molecular complexity index is 1140. The zero-order valence-corrected chi connectivity index (χ0v) is 17.6. The molecule has 0 spiro atoms. The van der Waals surface area contributed by atoms with Gasteiger partial charge in [-0.1, -0.05) is 84.9 Å². The van der Waals surface area contributed by atoms with Crippen molar-refractivity contribution in [3.63, 3.8) is 0 Å². The lowest BCUT2D eigenvalue weighted by atomic mass is 10.0. The van der Waals surface area contributed by atoms with Gasteiger partial charge in [0.2, 0.25) is 0 Å². The highest BCUT2D eigenvalue weighted by Gasteiger charge is 2.18. The summed E-state index contributed by atoms with van der Waals surface area (Å²) in [5.74, 6) is -0.0696. The van der Waals surface area contributed by atoms with Crippen molar-refractivity contribution in [3.05, 3.63) is 120 Å². The molecule has 1 unspecified atom stereocenters. The summed E-state index contributed by atoms with van der Waals surface area (Å²) in [6, 6.07) is 34.7. The molecule has 0 fully saturated rings. The average molecular weight is 424 g/mol. The monoisotopic (exact) mass is 423 g/mol. The van der Waals surface area contributed by atoms with Crippen LogP contribution >= 0.6 is 0 Å². The third-order valence-corrected chi connectivity index (χ3v) is 5.22. The van der Waals surface area contributed by atoms with Gasteiger partial charge >= 0.3 is 5.97 Å². The smallest absolute Gasteiger partial charge is 0.326 e. The van der Waals surface area contributed by atoms with E-state index in [4.69, 9.17) is 4.74 Å². The lowest BCUT2D eigenvalue weighted by Crippen LogP contribution is -2.31. The summed E-state index contributed by atoms with van der Waals surface area (Å²) in [5.41, 5.74) is 4.92. The van der Waals surface area contributed by atoms with Gasteiger partial charge < -0.3 is 15.2 Å². The van der Waals surface area contributed by atoms with Gasteiger partial charge in [0.25, 0.3) is 0 Å². The van der Waals surface area contributed by atoms with Gasteiger partial charge in [0, 0.05) is 12.1 Å². The van der Waals surface area contributed by atoms with Crippen LogP contribution in [0.3, 0.4) is 0 Å². The minimum Gasteiger partial charge on any atom is -0.489 e. The first-order valence-corrected chi connectivity index (χ1v) is 10.6. The van der Waals surface area contributed by atoms with Crippen molar-refractivity contribution in [2.75, 3.05) is 5.32 Å². The summed E-state index contributed by atoms with van der Waals surface area (Å²) in [6.45, 7) is 0.525. The van der Waals surface area contributed by atoms with Gasteiger partial charge in [-0.3, -0.25) is 0 Å². The Labute approximate surface area is 188 Å². The Morgan fingerprint density at radius 1 is 0.750 bits per heavy atom. The number of rotatable bonds is 9. The van der Waals surface area contributed by atoms with E-state index >= 15 is 0 Å². The highest BCUT2D eigenvalue weighted by atomic mass is 16.5. The Morgan fingerprint density at radius 3 is 2.06 bits per heavy atom. The van der Waals surface area contributed by atoms with Crippen LogP contribution in [-0.2, 0) is 17.8 Å². The van der Waals surface area contributed by atoms with Crippen molar-refractivity contribution in [2.45, 2.75) is 19.1 Å². The highest BCUT2D eigenvalue weighted by molar-refractivity contribution is 5.78. The number of carbonyl (C=O) groups is 1. The van der Waals surface area contributed by atoms with Crippen LogP contribution in [0.5, 0.6) is 5.75 Å². The first-order valence-electron chi connectivity index (χ1n) is 10.6. The molecular weight excluding hydrogens is 398 g/mol. The second-order valence-electron chi connectivity index (χ2n) is 7.60. The fourth-order valence-corrected chi connectivity index (χ4v) is 3.52. The van der Waals surface area contributed by atoms with Crippen molar-refractivity contribution < 1.29 is 14.6 Å². The summed E-state index contributed by atoms with van der Waals surface area (Å²) in [6.07, 6.45) is 0.411. The minimum atomic E-state index is -0.876. The molecule has 0 aliphatic heterocycles. The van der Waals surface area contributed by atoms with Crippen molar-refractivity contribution in [2.24, 2.45) is 0 Å². The standard InChI is InChI=1S/C28H25NO3/c30-28(31)27(18-21-8-3-1-4-9-21)29-25-13-7-12-24(19-25)23-14-16-26(17-15-23)32-20-22-10-5-2-6-11-22/h1-17,19,27,29H,18,20H2,(H,30,31). The molecule has 1 atom stereocenters. The summed E-state index contributed by atoms with van der Waals surface area (Å²) < 4.78 is 5.86. The lowest BCUT2D eigenvalue weighted by Gasteiger charge is -2.17. The topological polar surface area (TPSA) is 58.6 Å². The fraction of sp³-hybridized carbons (Fsp3) is 0.107. The summed E-state index contributed by atoms with van der Waals surface area (Å²) in [7, 11) is 0. The number of carboxylic acid groups (broad SMARTS) is 1. The zero-order chi connectivity index (χ0) is 22.2. The molecule has 2 N–H and O–H groups in total. The number of carboxylic acids is 1. The van der Waals surface area contributed by atoms with E-state index in [0.717, 1.165) is 33.7 Å². The third-order valence-electron chi connectivity index (χ3n) is 5.22. The van der Waals surface area contributed by atoms with Crippen molar-refractivity contribution in [1.82, 2.24) is 0 Å². The third kappa shape index (κ3) is 5.76. The maximum atomic E-state index is 11.8. The van der Waals surface area contributed by atoms with Crippen LogP contribution in [-0.4, -0.2) is 17.1 Å². The first kappa shape index (κ1) is 21.2. The number of ether oxygens (including phenoxy) is 1. The summed E-state index contributed by atoms with van der Waals surface area (Å²) >= 11 is 0. The van der Waals surface area contributed by atoms with Crippen LogP contribution < -0.4 is 10.1 Å². The largest absolute Gasteiger partial charge is 0.489 e. The van der Waals surface area contributed by atoms with E-state index in [9.17, 15) is 9.90 Å². The number of nitrogens with one attached hydrogen (secondary N) is 1. The number of aliphatic carboxylic acids is 1. The van der Waals surface area contributed by atoms with Crippen LogP contribution in [0, 0.1) is 0 Å². The van der Waals surface area contributed by atoms with E-state index in [0.29, 0.717) is 13.0 Å². The number of hydrogen-bond acceptors (Lipinski definition) is 3. The highest BCUT2D eigenvalue weighted by Crippen LogP contribution is 2.26. The molecule has 160 valence electrons. The molecule has 0 saturated heterocycles. The molecule has 4 nitrogen and oxygen atoms in total. The molecule has 0 aromatic heterocycles. The molecular formula is C28H25NO3. The van der Waals surface area contributed by atoms with Crippen molar-refractivity contribution in [3.8, 4) is 16.9 Å². The number of benzene rings is 4. The van der Waals surface area contributed by atoms with Gasteiger partial charge in [0.05, 0.1) is 0 Å². The fourth-order valence-electron chi connectivity index (χ4n) is 3.52. The van der Waals surface area contributed by atoms with Gasteiger partial charge in [0.15, 0.2) is 0 Å². The van der Waals surface area contributed by atoms with Crippen LogP contribution in [0.15, 0.2) is 109 Å². The maximum Gasteiger partial charge on any atom is 0.326 e. The van der Waals surface area contributed by atoms with Crippen molar-refractivity contribution in [1.29, 1.82) is 0 Å². The molecule has 4 rings (SSSR count). The lowest BCUT2D eigenvalue weighted by molar-refractivity contribution is -0.137. The quantitative estimate of drug-likeness (QED) is 0.345. The van der Waals surface area contributed by atoms with Gasteiger partial charge in [0.1, 0.15) is 18.4 Å². The molecule has 0 saturated carbocycles. The van der Waals surface area contributed by atoms with Gasteiger partial charge in [-0.25, -0.2) is 4.79 Å².